The fraction of sp³-hybridized carbons (Fsp3) is 0.870. The van der Waals surface area contributed by atoms with Gasteiger partial charge in [0, 0.05) is 10.9 Å². The van der Waals surface area contributed by atoms with Crippen LogP contribution in [0.2, 0.25) is 0 Å². The van der Waals surface area contributed by atoms with E-state index in [1.54, 1.807) is 0 Å². The predicted molar refractivity (Wildman–Crippen MR) is 118 cm³/mol. The number of ether oxygens (including phenoxy) is 1. The summed E-state index contributed by atoms with van der Waals surface area (Å²) in [6.07, 6.45) is 23.8. The highest BCUT2D eigenvalue weighted by Gasteiger charge is 2.07. The maximum atomic E-state index is 11.6. The van der Waals surface area contributed by atoms with Crippen LogP contribution in [-0.2, 0) is 9.53 Å². The summed E-state index contributed by atoms with van der Waals surface area (Å²) in [6.45, 7) is 4.57. The second-order valence-corrected chi connectivity index (χ2v) is 7.88. The molecule has 0 aliphatic heterocycles. The number of hydrogen-bond acceptors (Lipinski definition) is 2. The number of alkyl halides is 1. The Bertz CT molecular complexity index is 339. The van der Waals surface area contributed by atoms with Gasteiger partial charge in [0.1, 0.15) is 0 Å². The summed E-state index contributed by atoms with van der Waals surface area (Å²) < 4.78 is 5.04. The molecule has 3 heteroatoms. The first-order valence-electron chi connectivity index (χ1n) is 11.2. The van der Waals surface area contributed by atoms with Crippen molar-refractivity contribution in [3.8, 4) is 0 Å². The van der Waals surface area contributed by atoms with Gasteiger partial charge >= 0.3 is 5.97 Å². The molecule has 0 aromatic heterocycles. The number of unbranched alkanes of at least 4 members (excludes halogenated alkanes) is 15. The summed E-state index contributed by atoms with van der Waals surface area (Å²) in [5.41, 5.74) is 0.761. The van der Waals surface area contributed by atoms with Gasteiger partial charge in [-0.2, -0.15) is 0 Å². The second kappa shape index (κ2) is 21.0. The Labute approximate surface area is 171 Å². The molecule has 0 saturated heterocycles. The quantitative estimate of drug-likeness (QED) is 0.0893. The van der Waals surface area contributed by atoms with Crippen molar-refractivity contribution in [1.82, 2.24) is 0 Å². The SMILES string of the molecule is CCCCCCCCCCCCCCCCC/C=C(\CBr)C(=O)OCC. The zero-order valence-electron chi connectivity index (χ0n) is 17.5. The van der Waals surface area contributed by atoms with E-state index in [1.165, 1.54) is 96.3 Å². The topological polar surface area (TPSA) is 26.3 Å². The molecule has 0 N–H and O–H groups in total. The van der Waals surface area contributed by atoms with Gasteiger partial charge in [-0.25, -0.2) is 4.79 Å². The first kappa shape index (κ1) is 25.7. The highest BCUT2D eigenvalue weighted by Crippen LogP contribution is 2.14. The van der Waals surface area contributed by atoms with E-state index in [-0.39, 0.29) is 5.97 Å². The van der Waals surface area contributed by atoms with Gasteiger partial charge in [-0.3, -0.25) is 0 Å². The van der Waals surface area contributed by atoms with Gasteiger partial charge < -0.3 is 4.74 Å². The van der Waals surface area contributed by atoms with Crippen molar-refractivity contribution in [3.63, 3.8) is 0 Å². The molecule has 0 heterocycles. The van der Waals surface area contributed by atoms with Crippen molar-refractivity contribution in [1.29, 1.82) is 0 Å². The van der Waals surface area contributed by atoms with Crippen LogP contribution < -0.4 is 0 Å². The average molecular weight is 431 g/mol. The minimum Gasteiger partial charge on any atom is -0.463 e. The molecule has 0 aliphatic rings. The maximum absolute atomic E-state index is 11.6. The molecule has 0 amide bonds. The lowest BCUT2D eigenvalue weighted by Gasteiger charge is -2.04. The summed E-state index contributed by atoms with van der Waals surface area (Å²) in [5, 5.41) is 0.588. The van der Waals surface area contributed by atoms with E-state index in [9.17, 15) is 4.79 Å². The number of hydrogen-bond donors (Lipinski definition) is 0. The molecule has 154 valence electrons. The Hall–Kier alpha value is -0.310. The van der Waals surface area contributed by atoms with Gasteiger partial charge in [0.15, 0.2) is 0 Å². The lowest BCUT2D eigenvalue weighted by molar-refractivity contribution is -0.138. The van der Waals surface area contributed by atoms with Crippen molar-refractivity contribution < 1.29 is 9.53 Å². The molecule has 26 heavy (non-hydrogen) atoms. The van der Waals surface area contributed by atoms with Crippen molar-refractivity contribution >= 4 is 21.9 Å². The fourth-order valence-corrected chi connectivity index (χ4v) is 3.67. The smallest absolute Gasteiger partial charge is 0.334 e. The predicted octanol–water partition coefficient (Wildman–Crippen LogP) is 8.13. The van der Waals surface area contributed by atoms with Gasteiger partial charge in [-0.05, 0) is 19.8 Å². The number of allylic oxidation sites excluding steroid dienone is 1. The Morgan fingerprint density at radius 3 is 1.54 bits per heavy atom. The van der Waals surface area contributed by atoms with Crippen LogP contribution in [0.1, 0.15) is 117 Å². The van der Waals surface area contributed by atoms with Gasteiger partial charge in [-0.15, -0.1) is 0 Å². The van der Waals surface area contributed by atoms with Crippen LogP contribution in [0.15, 0.2) is 11.6 Å². The molecule has 0 fully saturated rings. The lowest BCUT2D eigenvalue weighted by atomic mass is 10.0. The third-order valence-corrected chi connectivity index (χ3v) is 5.48. The van der Waals surface area contributed by atoms with Gasteiger partial charge in [0.05, 0.1) is 6.61 Å². The normalized spacial score (nSPS) is 11.7. The van der Waals surface area contributed by atoms with E-state index in [1.807, 2.05) is 13.0 Å². The van der Waals surface area contributed by atoms with Gasteiger partial charge in [-0.1, -0.05) is 119 Å². The van der Waals surface area contributed by atoms with Crippen LogP contribution in [0.3, 0.4) is 0 Å². The molecule has 0 radical (unpaired) electrons. The van der Waals surface area contributed by atoms with Crippen LogP contribution in [0.25, 0.3) is 0 Å². The largest absolute Gasteiger partial charge is 0.463 e. The van der Waals surface area contributed by atoms with Crippen LogP contribution >= 0.6 is 15.9 Å². The Kier molecular flexibility index (Phi) is 20.7. The van der Waals surface area contributed by atoms with Gasteiger partial charge in [0.25, 0.3) is 0 Å². The summed E-state index contributed by atoms with van der Waals surface area (Å²) in [4.78, 5) is 11.6. The van der Waals surface area contributed by atoms with Crippen molar-refractivity contribution in [2.24, 2.45) is 0 Å². The van der Waals surface area contributed by atoms with Crippen molar-refractivity contribution in [2.45, 2.75) is 117 Å². The highest BCUT2D eigenvalue weighted by molar-refractivity contribution is 9.09. The molecule has 0 bridgehead atoms. The molecule has 0 rings (SSSR count). The summed E-state index contributed by atoms with van der Waals surface area (Å²) in [5.74, 6) is -0.176. The first-order valence-corrected chi connectivity index (χ1v) is 12.3. The number of halogens is 1. The van der Waals surface area contributed by atoms with Crippen LogP contribution in [0, 0.1) is 0 Å². The molecular weight excluding hydrogens is 388 g/mol. The summed E-state index contributed by atoms with van der Waals surface area (Å²) in [7, 11) is 0. The standard InChI is InChI=1S/C23H43BrO2/c1-3-5-6-7-8-9-10-11-12-13-14-15-16-17-18-19-20-22(21-24)23(25)26-4-2/h20H,3-19,21H2,1-2H3/b22-20+. The zero-order chi connectivity index (χ0) is 19.3. The monoisotopic (exact) mass is 430 g/mol. The number of carbonyl (C=O) groups is 1. The molecule has 0 atom stereocenters. The fourth-order valence-electron chi connectivity index (χ4n) is 3.21. The van der Waals surface area contributed by atoms with Crippen LogP contribution in [-0.4, -0.2) is 17.9 Å². The molecule has 0 unspecified atom stereocenters. The molecule has 0 aromatic rings. The van der Waals surface area contributed by atoms with E-state index >= 15 is 0 Å². The zero-order valence-corrected chi connectivity index (χ0v) is 19.1. The molecule has 2 nitrogen and oxygen atoms in total. The Morgan fingerprint density at radius 2 is 1.15 bits per heavy atom. The molecule has 0 spiro atoms. The van der Waals surface area contributed by atoms with E-state index < -0.39 is 0 Å². The minimum absolute atomic E-state index is 0.176. The summed E-state index contributed by atoms with van der Waals surface area (Å²) >= 11 is 3.36. The highest BCUT2D eigenvalue weighted by atomic mass is 79.9. The number of esters is 1. The average Bonchev–Trinajstić information content (AvgIpc) is 2.64. The minimum atomic E-state index is -0.176. The van der Waals surface area contributed by atoms with Crippen molar-refractivity contribution in [2.75, 3.05) is 11.9 Å². The number of carbonyl (C=O) groups excluding carboxylic acids is 1. The third kappa shape index (κ3) is 17.1. The maximum Gasteiger partial charge on any atom is 0.334 e. The molecule has 0 aromatic carbocycles. The summed E-state index contributed by atoms with van der Waals surface area (Å²) in [6, 6.07) is 0. The van der Waals surface area contributed by atoms with Gasteiger partial charge in [0.2, 0.25) is 0 Å². The Morgan fingerprint density at radius 1 is 0.731 bits per heavy atom. The molecule has 0 aliphatic carbocycles. The Balaban J connectivity index is 3.32. The van der Waals surface area contributed by atoms with E-state index in [4.69, 9.17) is 4.74 Å². The van der Waals surface area contributed by atoms with Crippen LogP contribution in [0.4, 0.5) is 0 Å². The van der Waals surface area contributed by atoms with E-state index in [0.717, 1.165) is 12.0 Å². The first-order chi connectivity index (χ1) is 12.8. The van der Waals surface area contributed by atoms with E-state index in [2.05, 4.69) is 22.9 Å². The third-order valence-electron chi connectivity index (χ3n) is 4.88. The van der Waals surface area contributed by atoms with Crippen LogP contribution in [0.5, 0.6) is 0 Å². The van der Waals surface area contributed by atoms with Crippen molar-refractivity contribution in [3.05, 3.63) is 11.6 Å². The van der Waals surface area contributed by atoms with E-state index in [0.29, 0.717) is 11.9 Å². The molecular formula is C23H43BrO2. The molecule has 0 saturated carbocycles. The number of rotatable bonds is 19. The second-order valence-electron chi connectivity index (χ2n) is 7.32. The lowest BCUT2D eigenvalue weighted by Crippen LogP contribution is -2.08.